The minimum Gasteiger partial charge on any atom is -0.466 e. The molecule has 0 spiro atoms. The van der Waals surface area contributed by atoms with Crippen LogP contribution in [0.25, 0.3) is 0 Å². The van der Waals surface area contributed by atoms with E-state index >= 15 is 0 Å². The van der Waals surface area contributed by atoms with Crippen molar-refractivity contribution >= 4 is 5.97 Å². The molecule has 0 N–H and O–H groups in total. The van der Waals surface area contributed by atoms with E-state index < -0.39 is 18.6 Å². The lowest BCUT2D eigenvalue weighted by molar-refractivity contribution is -0.134. The number of carbonyl (C=O) groups is 1. The summed E-state index contributed by atoms with van der Waals surface area (Å²) in [6.45, 7) is -0.832. The molecule has 0 radical (unpaired) electrons. The lowest BCUT2D eigenvalue weighted by Gasteiger charge is -1.83. The number of hydrogen-bond acceptors (Lipinski definition) is 2. The molecule has 0 aromatic rings. The molecule has 0 aliphatic heterocycles. The van der Waals surface area contributed by atoms with Gasteiger partial charge in [0.15, 0.2) is 0 Å². The van der Waals surface area contributed by atoms with E-state index in [0.717, 1.165) is 7.11 Å². The van der Waals surface area contributed by atoms with Crippen LogP contribution < -0.4 is 0 Å². The molecule has 0 unspecified atom stereocenters. The van der Waals surface area contributed by atoms with Gasteiger partial charge in [-0.25, -0.2) is 4.79 Å². The zero-order chi connectivity index (χ0) is 7.44. The maximum atomic E-state index is 10.2. The minimum absolute atomic E-state index is 0.725. The van der Waals surface area contributed by atoms with Crippen LogP contribution in [0.5, 0.6) is 0 Å². The smallest absolute Gasteiger partial charge is 0.329 e. The SMILES string of the molecule is [2H]C([2H])=C([2H])C(=O)OC. The first kappa shape index (κ1) is 1.78. The summed E-state index contributed by atoms with van der Waals surface area (Å²) in [7, 11) is 1.10. The molecule has 0 aliphatic rings. The average molecular weight is 89.1 g/mol. The molecule has 0 bridgehead atoms. The van der Waals surface area contributed by atoms with Crippen LogP contribution >= 0.6 is 0 Å². The predicted molar refractivity (Wildman–Crippen MR) is 22.2 cm³/mol. The van der Waals surface area contributed by atoms with Crippen LogP contribution in [0.3, 0.4) is 0 Å². The highest BCUT2D eigenvalue weighted by atomic mass is 16.5. The fraction of sp³-hybridized carbons (Fsp3) is 0.250. The highest BCUT2D eigenvalue weighted by molar-refractivity contribution is 5.80. The first-order valence-corrected chi connectivity index (χ1v) is 1.32. The standard InChI is InChI=1S/C4H6O2/c1-3-4(5)6-2/h3H,1H2,2H3/i1D2,3D. The summed E-state index contributed by atoms with van der Waals surface area (Å²) in [6, 6.07) is -0.725. The van der Waals surface area contributed by atoms with E-state index in [1.807, 2.05) is 0 Å². The third-order valence-corrected chi connectivity index (χ3v) is 0.287. The summed E-state index contributed by atoms with van der Waals surface area (Å²) in [5.74, 6) is -0.949. The van der Waals surface area contributed by atoms with Crippen molar-refractivity contribution in [3.05, 3.63) is 12.6 Å². The third kappa shape index (κ3) is 1.52. The van der Waals surface area contributed by atoms with Crippen molar-refractivity contribution in [2.45, 2.75) is 0 Å². The Morgan fingerprint density at radius 3 is 3.33 bits per heavy atom. The summed E-state index contributed by atoms with van der Waals surface area (Å²) in [5, 5.41) is 0. The number of ether oxygens (including phenoxy) is 1. The predicted octanol–water partition coefficient (Wildman–Crippen LogP) is 0.345. The lowest BCUT2D eigenvalue weighted by atomic mass is 10.7. The van der Waals surface area contributed by atoms with Crippen molar-refractivity contribution in [3.8, 4) is 0 Å². The summed E-state index contributed by atoms with van der Waals surface area (Å²) < 4.78 is 23.7. The molecular formula is C4H6O2. The van der Waals surface area contributed by atoms with Crippen LogP contribution in [0, 0.1) is 0 Å². The molecule has 2 heteroatoms. The van der Waals surface area contributed by atoms with Crippen molar-refractivity contribution in [2.24, 2.45) is 0 Å². The summed E-state index contributed by atoms with van der Waals surface area (Å²) in [4.78, 5) is 10.2. The summed E-state index contributed by atoms with van der Waals surface area (Å²) >= 11 is 0. The molecule has 0 aromatic carbocycles. The normalized spacial score (nSPS) is 13.2. The van der Waals surface area contributed by atoms with Gasteiger partial charge in [0.2, 0.25) is 0 Å². The van der Waals surface area contributed by atoms with Gasteiger partial charge in [-0.2, -0.15) is 0 Å². The average Bonchev–Trinajstić information content (AvgIpc) is 1.84. The third-order valence-electron chi connectivity index (χ3n) is 0.287. The van der Waals surface area contributed by atoms with Crippen molar-refractivity contribution in [2.75, 3.05) is 7.11 Å². The number of rotatable bonds is 1. The topological polar surface area (TPSA) is 26.3 Å². The fourth-order valence-electron chi connectivity index (χ4n) is 0.0510. The van der Waals surface area contributed by atoms with E-state index in [1.165, 1.54) is 0 Å². The molecule has 0 atom stereocenters. The highest BCUT2D eigenvalue weighted by Crippen LogP contribution is 1.67. The van der Waals surface area contributed by atoms with Gasteiger partial charge in [-0.3, -0.25) is 0 Å². The highest BCUT2D eigenvalue weighted by Gasteiger charge is 1.81. The molecule has 6 heavy (non-hydrogen) atoms. The van der Waals surface area contributed by atoms with E-state index in [-0.39, 0.29) is 0 Å². The molecule has 0 heterocycles. The van der Waals surface area contributed by atoms with Crippen molar-refractivity contribution in [1.29, 1.82) is 0 Å². The largest absolute Gasteiger partial charge is 0.466 e. The van der Waals surface area contributed by atoms with Crippen molar-refractivity contribution < 1.29 is 13.6 Å². The van der Waals surface area contributed by atoms with E-state index in [1.54, 1.807) is 0 Å². The molecule has 0 aromatic heterocycles. The van der Waals surface area contributed by atoms with Gasteiger partial charge in [-0.1, -0.05) is 6.53 Å². The summed E-state index contributed by atoms with van der Waals surface area (Å²) in [6.07, 6.45) is 0. The Kier molecular flexibility index (Phi) is 0.725. The zero-order valence-electron chi connectivity index (χ0n) is 6.32. The van der Waals surface area contributed by atoms with Gasteiger partial charge in [-0.05, 0) is 0 Å². The Bertz CT molecular complexity index is 148. The Morgan fingerprint density at radius 2 is 3.17 bits per heavy atom. The van der Waals surface area contributed by atoms with E-state index in [4.69, 9.17) is 4.11 Å². The Morgan fingerprint density at radius 1 is 2.50 bits per heavy atom. The molecule has 2 nitrogen and oxygen atoms in total. The van der Waals surface area contributed by atoms with E-state index in [2.05, 4.69) is 4.74 Å². The number of hydrogen-bond donors (Lipinski definition) is 0. The molecular weight excluding hydrogens is 80.0 g/mol. The molecule has 0 saturated carbocycles. The minimum atomic E-state index is -0.949. The van der Waals surface area contributed by atoms with Crippen molar-refractivity contribution in [3.63, 3.8) is 0 Å². The molecule has 0 rings (SSSR count). The first-order chi connectivity index (χ1) is 4.09. The van der Waals surface area contributed by atoms with Crippen LogP contribution in [-0.4, -0.2) is 13.1 Å². The van der Waals surface area contributed by atoms with Gasteiger partial charge in [-0.15, -0.1) is 0 Å². The maximum Gasteiger partial charge on any atom is 0.329 e. The number of methoxy groups -OCH3 is 1. The monoisotopic (exact) mass is 89.1 g/mol. The molecule has 0 saturated heterocycles. The van der Waals surface area contributed by atoms with Crippen molar-refractivity contribution in [1.82, 2.24) is 0 Å². The molecule has 0 aliphatic carbocycles. The molecule has 34 valence electrons. The number of esters is 1. The zero-order valence-corrected chi connectivity index (χ0v) is 3.32. The first-order valence-electron chi connectivity index (χ1n) is 2.82. The van der Waals surface area contributed by atoms with Crippen LogP contribution in [-0.2, 0) is 9.53 Å². The van der Waals surface area contributed by atoms with Gasteiger partial charge in [0.05, 0.1) is 11.2 Å². The van der Waals surface area contributed by atoms with E-state index in [9.17, 15) is 4.79 Å². The molecule has 0 amide bonds. The van der Waals surface area contributed by atoms with Crippen LogP contribution in [0.1, 0.15) is 4.11 Å². The molecule has 0 fully saturated rings. The maximum absolute atomic E-state index is 10.2. The quantitative estimate of drug-likeness (QED) is 0.342. The van der Waals surface area contributed by atoms with Gasteiger partial charge < -0.3 is 4.74 Å². The van der Waals surface area contributed by atoms with Crippen LogP contribution in [0.2, 0.25) is 0 Å². The van der Waals surface area contributed by atoms with Gasteiger partial charge in [0, 0.05) is 6.05 Å². The van der Waals surface area contributed by atoms with Crippen LogP contribution in [0.4, 0.5) is 0 Å². The second-order valence-electron chi connectivity index (χ2n) is 0.617. The Labute approximate surface area is 40.6 Å². The van der Waals surface area contributed by atoms with Gasteiger partial charge in [0.25, 0.3) is 0 Å². The second kappa shape index (κ2) is 2.45. The van der Waals surface area contributed by atoms with Gasteiger partial charge in [0.1, 0.15) is 0 Å². The summed E-state index contributed by atoms with van der Waals surface area (Å²) in [5.41, 5.74) is 0. The lowest BCUT2D eigenvalue weighted by Crippen LogP contribution is -1.91. The Hall–Kier alpha value is -0.790. The Balaban J connectivity index is 4.21. The number of carbonyl (C=O) groups excluding carboxylic acids is 1. The van der Waals surface area contributed by atoms with E-state index in [0.29, 0.717) is 0 Å². The fourth-order valence-corrected chi connectivity index (χ4v) is 0.0510. The van der Waals surface area contributed by atoms with Gasteiger partial charge >= 0.3 is 5.97 Å². The second-order valence-corrected chi connectivity index (χ2v) is 0.617. The van der Waals surface area contributed by atoms with Crippen LogP contribution in [0.15, 0.2) is 12.6 Å².